The molecular weight excluding hydrogens is 333 g/mol. The second kappa shape index (κ2) is 7.16. The number of para-hydroxylation sites is 1. The molecule has 0 radical (unpaired) electrons. The number of nitrogens with one attached hydrogen (secondary N) is 2. The minimum Gasteiger partial charge on any atom is -0.336 e. The number of urea groups is 1. The van der Waals surface area contributed by atoms with Gasteiger partial charge < -0.3 is 10.6 Å². The van der Waals surface area contributed by atoms with Gasteiger partial charge in [0.1, 0.15) is 0 Å². The van der Waals surface area contributed by atoms with Gasteiger partial charge in [-0.05, 0) is 43.4 Å². The van der Waals surface area contributed by atoms with Crippen molar-refractivity contribution in [2.24, 2.45) is 0 Å². The van der Waals surface area contributed by atoms with Crippen molar-refractivity contribution in [1.82, 2.24) is 15.1 Å². The molecule has 2 N–H and O–H groups in total. The normalized spacial score (nSPS) is 14.0. The second-order valence-corrected chi connectivity index (χ2v) is 5.97. The van der Waals surface area contributed by atoms with Gasteiger partial charge in [0.05, 0.1) is 24.0 Å². The highest BCUT2D eigenvalue weighted by Gasteiger charge is 2.33. The van der Waals surface area contributed by atoms with E-state index in [-0.39, 0.29) is 12.2 Å². The van der Waals surface area contributed by atoms with E-state index in [0.29, 0.717) is 6.54 Å². The zero-order valence-electron chi connectivity index (χ0n) is 13.6. The van der Waals surface area contributed by atoms with Crippen LogP contribution in [0, 0.1) is 0 Å². The zero-order valence-corrected chi connectivity index (χ0v) is 13.6. The molecule has 5 nitrogen and oxygen atoms in total. The largest absolute Gasteiger partial charge is 0.418 e. The smallest absolute Gasteiger partial charge is 0.336 e. The number of benzene rings is 1. The number of carbonyl (C=O) groups is 1. The Bertz CT molecular complexity index is 755. The molecule has 1 aliphatic carbocycles. The van der Waals surface area contributed by atoms with Crippen LogP contribution < -0.4 is 10.6 Å². The van der Waals surface area contributed by atoms with Crippen LogP contribution in [-0.4, -0.2) is 22.4 Å². The van der Waals surface area contributed by atoms with E-state index >= 15 is 0 Å². The maximum Gasteiger partial charge on any atom is 0.418 e. The quantitative estimate of drug-likeness (QED) is 0.883. The molecule has 2 aromatic rings. The summed E-state index contributed by atoms with van der Waals surface area (Å²) in [5, 5.41) is 9.16. The molecule has 2 amide bonds. The number of hydrogen-bond acceptors (Lipinski definition) is 2. The topological polar surface area (TPSA) is 59.0 Å². The molecule has 1 aromatic carbocycles. The van der Waals surface area contributed by atoms with E-state index < -0.39 is 17.8 Å². The summed E-state index contributed by atoms with van der Waals surface area (Å²) in [4.78, 5) is 11.9. The van der Waals surface area contributed by atoms with Crippen molar-refractivity contribution < 1.29 is 18.0 Å². The lowest BCUT2D eigenvalue weighted by molar-refractivity contribution is -0.136. The SMILES string of the molecule is O=C(NCCn1ncc2c1CCCC2)Nc1ccccc1C(F)(F)F. The number of alkyl halides is 3. The highest BCUT2D eigenvalue weighted by atomic mass is 19.4. The number of amides is 2. The van der Waals surface area contributed by atoms with Crippen molar-refractivity contribution in [3.63, 3.8) is 0 Å². The van der Waals surface area contributed by atoms with Gasteiger partial charge in [0, 0.05) is 12.2 Å². The van der Waals surface area contributed by atoms with Crippen LogP contribution in [0.5, 0.6) is 0 Å². The Balaban J connectivity index is 1.55. The zero-order chi connectivity index (χ0) is 17.9. The minimum absolute atomic E-state index is 0.260. The van der Waals surface area contributed by atoms with Crippen molar-refractivity contribution in [3.05, 3.63) is 47.3 Å². The molecule has 25 heavy (non-hydrogen) atoms. The molecule has 0 fully saturated rings. The van der Waals surface area contributed by atoms with Crippen molar-refractivity contribution in [2.45, 2.75) is 38.4 Å². The summed E-state index contributed by atoms with van der Waals surface area (Å²) < 4.78 is 40.6. The number of halogens is 3. The molecular formula is C17H19F3N4O. The molecule has 0 atom stereocenters. The van der Waals surface area contributed by atoms with Crippen LogP contribution in [0.25, 0.3) is 0 Å². The van der Waals surface area contributed by atoms with E-state index in [2.05, 4.69) is 15.7 Å². The first-order valence-electron chi connectivity index (χ1n) is 8.20. The summed E-state index contributed by atoms with van der Waals surface area (Å²) in [6.07, 6.45) is 1.63. The standard InChI is InChI=1S/C17H19F3N4O/c18-17(19,20)13-6-2-3-7-14(13)23-16(25)21-9-10-24-15-8-4-1-5-12(15)11-22-24/h2-3,6-7,11H,1,4-5,8-10H2,(H2,21,23,25). The third kappa shape index (κ3) is 4.12. The molecule has 0 spiro atoms. The fourth-order valence-corrected chi connectivity index (χ4v) is 3.03. The molecule has 1 aromatic heterocycles. The number of fused-ring (bicyclic) bond motifs is 1. The van der Waals surface area contributed by atoms with Crippen molar-refractivity contribution in [2.75, 3.05) is 11.9 Å². The summed E-state index contributed by atoms with van der Waals surface area (Å²) in [6.45, 7) is 0.776. The summed E-state index contributed by atoms with van der Waals surface area (Å²) in [5.41, 5.74) is 1.31. The van der Waals surface area contributed by atoms with Crippen LogP contribution in [0.15, 0.2) is 30.5 Å². The van der Waals surface area contributed by atoms with Gasteiger partial charge in [0.2, 0.25) is 0 Å². The summed E-state index contributed by atoms with van der Waals surface area (Å²) >= 11 is 0. The highest BCUT2D eigenvalue weighted by molar-refractivity contribution is 5.90. The van der Waals surface area contributed by atoms with Crippen molar-refractivity contribution in [1.29, 1.82) is 0 Å². The molecule has 134 valence electrons. The van der Waals surface area contributed by atoms with Crippen LogP contribution in [0.2, 0.25) is 0 Å². The predicted molar refractivity (Wildman–Crippen MR) is 87.3 cm³/mol. The third-order valence-corrected chi connectivity index (χ3v) is 4.23. The van der Waals surface area contributed by atoms with E-state index in [0.717, 1.165) is 31.7 Å². The Hall–Kier alpha value is -2.51. The number of rotatable bonds is 4. The van der Waals surface area contributed by atoms with Crippen LogP contribution >= 0.6 is 0 Å². The Morgan fingerprint density at radius 1 is 1.20 bits per heavy atom. The Morgan fingerprint density at radius 3 is 2.76 bits per heavy atom. The molecule has 0 aliphatic heterocycles. The lowest BCUT2D eigenvalue weighted by atomic mass is 9.98. The Kier molecular flexibility index (Phi) is 4.96. The Morgan fingerprint density at radius 2 is 1.96 bits per heavy atom. The van der Waals surface area contributed by atoms with E-state index in [4.69, 9.17) is 0 Å². The second-order valence-electron chi connectivity index (χ2n) is 5.97. The molecule has 1 heterocycles. The van der Waals surface area contributed by atoms with Gasteiger partial charge in [0.25, 0.3) is 0 Å². The van der Waals surface area contributed by atoms with E-state index in [1.54, 1.807) is 0 Å². The monoisotopic (exact) mass is 352 g/mol. The number of hydrogen-bond donors (Lipinski definition) is 2. The number of carbonyl (C=O) groups excluding carboxylic acids is 1. The van der Waals surface area contributed by atoms with Crippen molar-refractivity contribution in [3.8, 4) is 0 Å². The average Bonchev–Trinajstić information content (AvgIpc) is 2.98. The van der Waals surface area contributed by atoms with Crippen LogP contribution in [0.3, 0.4) is 0 Å². The fourth-order valence-electron chi connectivity index (χ4n) is 3.03. The summed E-state index contributed by atoms with van der Waals surface area (Å²) in [6, 6.07) is 4.23. The first-order valence-corrected chi connectivity index (χ1v) is 8.20. The van der Waals surface area contributed by atoms with Gasteiger partial charge >= 0.3 is 12.2 Å². The molecule has 0 bridgehead atoms. The minimum atomic E-state index is -4.52. The van der Waals surface area contributed by atoms with Crippen LogP contribution in [0.4, 0.5) is 23.7 Å². The fraction of sp³-hybridized carbons (Fsp3) is 0.412. The lowest BCUT2D eigenvalue weighted by Gasteiger charge is -2.15. The first kappa shape index (κ1) is 17.3. The van der Waals surface area contributed by atoms with Gasteiger partial charge in [-0.3, -0.25) is 4.68 Å². The molecule has 0 unspecified atom stereocenters. The molecule has 0 saturated heterocycles. The lowest BCUT2D eigenvalue weighted by Crippen LogP contribution is -2.32. The van der Waals surface area contributed by atoms with Gasteiger partial charge in [-0.25, -0.2) is 4.79 Å². The van der Waals surface area contributed by atoms with Gasteiger partial charge in [-0.1, -0.05) is 12.1 Å². The number of anilines is 1. The molecule has 3 rings (SSSR count). The maximum atomic E-state index is 12.9. The van der Waals surface area contributed by atoms with Gasteiger partial charge in [-0.2, -0.15) is 18.3 Å². The van der Waals surface area contributed by atoms with Gasteiger partial charge in [0.15, 0.2) is 0 Å². The third-order valence-electron chi connectivity index (χ3n) is 4.23. The highest BCUT2D eigenvalue weighted by Crippen LogP contribution is 2.34. The molecule has 0 saturated carbocycles. The molecule has 1 aliphatic rings. The number of nitrogens with zero attached hydrogens (tertiary/aromatic N) is 2. The van der Waals surface area contributed by atoms with Gasteiger partial charge in [-0.15, -0.1) is 0 Å². The summed E-state index contributed by atoms with van der Waals surface area (Å²) in [5.74, 6) is 0. The Labute approximate surface area is 143 Å². The average molecular weight is 352 g/mol. The molecule has 8 heteroatoms. The van der Waals surface area contributed by atoms with E-state index in [1.165, 1.54) is 29.5 Å². The van der Waals surface area contributed by atoms with Crippen molar-refractivity contribution >= 4 is 11.7 Å². The maximum absolute atomic E-state index is 12.9. The number of aryl methyl sites for hydroxylation is 1. The van der Waals surface area contributed by atoms with E-state index in [1.807, 2.05) is 10.9 Å². The van der Waals surface area contributed by atoms with E-state index in [9.17, 15) is 18.0 Å². The van der Waals surface area contributed by atoms with Crippen LogP contribution in [-0.2, 0) is 25.6 Å². The first-order chi connectivity index (χ1) is 11.9. The van der Waals surface area contributed by atoms with Crippen LogP contribution in [0.1, 0.15) is 29.7 Å². The summed E-state index contributed by atoms with van der Waals surface area (Å²) in [7, 11) is 0. The number of aromatic nitrogens is 2. The predicted octanol–water partition coefficient (Wildman–Crippen LogP) is 3.60.